The van der Waals surface area contributed by atoms with Gasteiger partial charge in [0.1, 0.15) is 5.82 Å². The molecule has 30 heavy (non-hydrogen) atoms. The van der Waals surface area contributed by atoms with E-state index in [1.165, 1.54) is 20.3 Å². The number of aryl methyl sites for hydroxylation is 3. The fourth-order valence-electron chi connectivity index (χ4n) is 4.04. The lowest BCUT2D eigenvalue weighted by Gasteiger charge is -2.26. The molecule has 1 aliphatic carbocycles. The number of hydrogen-bond acceptors (Lipinski definition) is 4. The van der Waals surface area contributed by atoms with Gasteiger partial charge < -0.3 is 10.6 Å². The van der Waals surface area contributed by atoms with Crippen LogP contribution in [-0.4, -0.2) is 25.9 Å². The molecule has 3 aromatic rings. The maximum atomic E-state index is 12.4. The predicted octanol–water partition coefficient (Wildman–Crippen LogP) is 2.18. The van der Waals surface area contributed by atoms with Gasteiger partial charge in [-0.05, 0) is 42.5 Å². The van der Waals surface area contributed by atoms with Gasteiger partial charge >= 0.3 is 5.69 Å². The van der Waals surface area contributed by atoms with E-state index in [-0.39, 0.29) is 36.4 Å². The molecule has 2 heterocycles. The zero-order valence-corrected chi connectivity index (χ0v) is 17.1. The van der Waals surface area contributed by atoms with Crippen molar-refractivity contribution in [2.24, 2.45) is 14.1 Å². The van der Waals surface area contributed by atoms with Gasteiger partial charge in [-0.15, -0.1) is 0 Å². The highest BCUT2D eigenvalue weighted by atomic mass is 16.2. The van der Waals surface area contributed by atoms with Gasteiger partial charge in [-0.2, -0.15) is 0 Å². The number of nitrogens with zero attached hydrogens (tertiary/aromatic N) is 3. The van der Waals surface area contributed by atoms with Gasteiger partial charge in [-0.25, -0.2) is 9.78 Å². The molecule has 2 N–H and O–H groups in total. The molecule has 4 rings (SSSR count). The average Bonchev–Trinajstić information content (AvgIpc) is 2.96. The van der Waals surface area contributed by atoms with E-state index in [0.717, 1.165) is 19.3 Å². The third-order valence-electron chi connectivity index (χ3n) is 5.66. The van der Waals surface area contributed by atoms with Crippen molar-refractivity contribution in [3.63, 3.8) is 0 Å². The van der Waals surface area contributed by atoms with E-state index in [0.29, 0.717) is 17.0 Å². The molecule has 0 radical (unpaired) electrons. The summed E-state index contributed by atoms with van der Waals surface area (Å²) in [5.74, 6) is -0.0713. The van der Waals surface area contributed by atoms with E-state index in [1.807, 2.05) is 12.1 Å². The fraction of sp³-hybridized carbons (Fsp3) is 0.364. The van der Waals surface area contributed by atoms with Crippen molar-refractivity contribution in [3.05, 3.63) is 58.0 Å². The zero-order valence-electron chi connectivity index (χ0n) is 17.1. The van der Waals surface area contributed by atoms with Crippen molar-refractivity contribution in [1.82, 2.24) is 19.4 Å². The summed E-state index contributed by atoms with van der Waals surface area (Å²) >= 11 is 0. The first kappa shape index (κ1) is 19.9. The first-order chi connectivity index (χ1) is 14.4. The summed E-state index contributed by atoms with van der Waals surface area (Å²) in [6.45, 7) is 0. The first-order valence-corrected chi connectivity index (χ1v) is 10.1. The Morgan fingerprint density at radius 1 is 1.07 bits per heavy atom. The molecule has 2 amide bonds. The van der Waals surface area contributed by atoms with Crippen LogP contribution in [0, 0.1) is 0 Å². The van der Waals surface area contributed by atoms with Crippen molar-refractivity contribution in [2.45, 2.75) is 38.1 Å². The van der Waals surface area contributed by atoms with Gasteiger partial charge in [-0.1, -0.05) is 24.3 Å². The van der Waals surface area contributed by atoms with E-state index >= 15 is 0 Å². The number of fused-ring (bicyclic) bond motifs is 2. The minimum Gasteiger partial charge on any atom is -0.349 e. The van der Waals surface area contributed by atoms with E-state index in [1.54, 1.807) is 26.2 Å². The topological polar surface area (TPSA) is 98.0 Å². The number of anilines is 1. The number of aromatic nitrogens is 3. The van der Waals surface area contributed by atoms with Crippen LogP contribution in [0.3, 0.4) is 0 Å². The number of carbonyl (C=O) groups excluding carboxylic acids is 2. The highest BCUT2D eigenvalue weighted by Gasteiger charge is 2.21. The van der Waals surface area contributed by atoms with Crippen LogP contribution < -0.4 is 16.3 Å². The lowest BCUT2D eigenvalue weighted by molar-refractivity contribution is -0.125. The molecule has 1 atom stereocenters. The Morgan fingerprint density at radius 3 is 2.67 bits per heavy atom. The van der Waals surface area contributed by atoms with E-state index in [4.69, 9.17) is 0 Å². The van der Waals surface area contributed by atoms with Crippen LogP contribution >= 0.6 is 0 Å². The van der Waals surface area contributed by atoms with Crippen LogP contribution in [0.25, 0.3) is 11.2 Å². The SMILES string of the molecule is Cn1c(=O)n(C)c2nc(NC(=O)CCC(=O)N[C@H]3CCCc4ccccc43)ccc21. The molecular weight excluding hydrogens is 382 g/mol. The van der Waals surface area contributed by atoms with Crippen LogP contribution in [0.2, 0.25) is 0 Å². The number of pyridine rings is 1. The van der Waals surface area contributed by atoms with Crippen LogP contribution in [0.5, 0.6) is 0 Å². The number of amides is 2. The van der Waals surface area contributed by atoms with Gasteiger partial charge in [0, 0.05) is 26.9 Å². The Morgan fingerprint density at radius 2 is 1.83 bits per heavy atom. The highest BCUT2D eigenvalue weighted by molar-refractivity contribution is 5.93. The van der Waals surface area contributed by atoms with Crippen molar-refractivity contribution >= 4 is 28.8 Å². The smallest absolute Gasteiger partial charge is 0.329 e. The molecule has 0 saturated heterocycles. The summed E-state index contributed by atoms with van der Waals surface area (Å²) in [5, 5.41) is 5.77. The summed E-state index contributed by atoms with van der Waals surface area (Å²) in [5.41, 5.74) is 3.46. The van der Waals surface area contributed by atoms with Crippen molar-refractivity contribution in [3.8, 4) is 0 Å². The second-order valence-electron chi connectivity index (χ2n) is 7.70. The minimum absolute atomic E-state index is 0.00829. The molecule has 8 nitrogen and oxygen atoms in total. The Labute approximate surface area is 173 Å². The molecular formula is C22H25N5O3. The van der Waals surface area contributed by atoms with E-state index in [9.17, 15) is 14.4 Å². The van der Waals surface area contributed by atoms with Crippen molar-refractivity contribution in [2.75, 3.05) is 5.32 Å². The third-order valence-corrected chi connectivity index (χ3v) is 5.66. The molecule has 0 saturated carbocycles. The van der Waals surface area contributed by atoms with E-state index in [2.05, 4.69) is 27.8 Å². The number of nitrogens with one attached hydrogen (secondary N) is 2. The third kappa shape index (κ3) is 3.85. The number of carbonyl (C=O) groups is 2. The summed E-state index contributed by atoms with van der Waals surface area (Å²) in [6.07, 6.45) is 3.16. The number of benzene rings is 1. The first-order valence-electron chi connectivity index (χ1n) is 10.1. The molecule has 0 unspecified atom stereocenters. The lowest BCUT2D eigenvalue weighted by Crippen LogP contribution is -2.31. The summed E-state index contributed by atoms with van der Waals surface area (Å²) in [4.78, 5) is 41.0. The normalized spacial score (nSPS) is 15.6. The van der Waals surface area contributed by atoms with Crippen molar-refractivity contribution < 1.29 is 9.59 Å². The molecule has 8 heteroatoms. The summed E-state index contributed by atoms with van der Waals surface area (Å²) in [7, 11) is 3.31. The summed E-state index contributed by atoms with van der Waals surface area (Å²) < 4.78 is 2.93. The quantitative estimate of drug-likeness (QED) is 0.677. The maximum Gasteiger partial charge on any atom is 0.329 e. The standard InChI is InChI=1S/C22H25N5O3/c1-26-17-10-11-18(25-21(17)27(2)22(26)30)24-20(29)13-12-19(28)23-16-9-5-7-14-6-3-4-8-15(14)16/h3-4,6,8,10-11,16H,5,7,9,12-13H2,1-2H3,(H,23,28)(H,24,25,29)/t16-/m0/s1. The van der Waals surface area contributed by atoms with Gasteiger partial charge in [-0.3, -0.25) is 18.7 Å². The number of imidazole rings is 1. The molecule has 0 spiro atoms. The molecule has 0 fully saturated rings. The Kier molecular flexibility index (Phi) is 5.39. The van der Waals surface area contributed by atoms with Crippen LogP contribution in [0.1, 0.15) is 42.9 Å². The van der Waals surface area contributed by atoms with Crippen LogP contribution in [-0.2, 0) is 30.1 Å². The predicted molar refractivity (Wildman–Crippen MR) is 114 cm³/mol. The van der Waals surface area contributed by atoms with Gasteiger partial charge in [0.15, 0.2) is 5.65 Å². The largest absolute Gasteiger partial charge is 0.349 e. The van der Waals surface area contributed by atoms with Gasteiger partial charge in [0.05, 0.1) is 11.6 Å². The maximum absolute atomic E-state index is 12.4. The fourth-order valence-corrected chi connectivity index (χ4v) is 4.04. The van der Waals surface area contributed by atoms with Crippen LogP contribution in [0.4, 0.5) is 5.82 Å². The van der Waals surface area contributed by atoms with Gasteiger partial charge in [0.2, 0.25) is 11.8 Å². The van der Waals surface area contributed by atoms with E-state index < -0.39 is 0 Å². The monoisotopic (exact) mass is 407 g/mol. The number of rotatable bonds is 5. The molecule has 0 bridgehead atoms. The highest BCUT2D eigenvalue weighted by Crippen LogP contribution is 2.29. The van der Waals surface area contributed by atoms with Gasteiger partial charge in [0.25, 0.3) is 0 Å². The number of hydrogen-bond donors (Lipinski definition) is 2. The lowest BCUT2D eigenvalue weighted by atomic mass is 9.87. The molecule has 156 valence electrons. The van der Waals surface area contributed by atoms with Crippen molar-refractivity contribution in [1.29, 1.82) is 0 Å². The Balaban J connectivity index is 1.34. The molecule has 1 aromatic carbocycles. The Bertz CT molecular complexity index is 1180. The second kappa shape index (κ2) is 8.14. The molecule has 2 aromatic heterocycles. The zero-order chi connectivity index (χ0) is 21.3. The molecule has 0 aliphatic heterocycles. The molecule has 1 aliphatic rings. The summed E-state index contributed by atoms with van der Waals surface area (Å²) in [6, 6.07) is 11.6. The second-order valence-corrected chi connectivity index (χ2v) is 7.70. The van der Waals surface area contributed by atoms with Crippen LogP contribution in [0.15, 0.2) is 41.2 Å². The average molecular weight is 407 g/mol. The Hall–Kier alpha value is -3.42. The minimum atomic E-state index is -0.290.